The van der Waals surface area contributed by atoms with Crippen molar-refractivity contribution < 1.29 is 14.0 Å². The van der Waals surface area contributed by atoms with Crippen molar-refractivity contribution in [1.29, 1.82) is 0 Å². The number of rotatable bonds is 3. The number of benzene rings is 2. The fourth-order valence-corrected chi connectivity index (χ4v) is 4.19. The Labute approximate surface area is 173 Å². The molecule has 0 saturated carbocycles. The Morgan fingerprint density at radius 1 is 1.03 bits per heavy atom. The molecule has 2 unspecified atom stereocenters. The number of hydrogen-bond donors (Lipinski definition) is 0. The minimum atomic E-state index is -0.682. The maximum atomic E-state index is 14.2. The summed E-state index contributed by atoms with van der Waals surface area (Å²) in [5.41, 5.74) is 2.14. The lowest BCUT2D eigenvalue weighted by Gasteiger charge is -2.40. The van der Waals surface area contributed by atoms with E-state index in [4.69, 9.17) is 4.99 Å². The molecule has 5 rings (SSSR count). The quantitative estimate of drug-likeness (QED) is 0.788. The zero-order chi connectivity index (χ0) is 21.0. The van der Waals surface area contributed by atoms with Gasteiger partial charge in [0.2, 0.25) is 5.96 Å². The van der Waals surface area contributed by atoms with Crippen LogP contribution in [0.5, 0.6) is 0 Å². The lowest BCUT2D eigenvalue weighted by atomic mass is 10.1. The van der Waals surface area contributed by atoms with E-state index in [2.05, 4.69) is 0 Å². The number of hydrogen-bond acceptors (Lipinski definition) is 5. The van der Waals surface area contributed by atoms with Gasteiger partial charge in [-0.15, -0.1) is 0 Å². The molecular weight excluding hydrogens is 385 g/mol. The van der Waals surface area contributed by atoms with E-state index in [1.807, 2.05) is 53.3 Å². The lowest BCUT2D eigenvalue weighted by Crippen LogP contribution is -2.63. The van der Waals surface area contributed by atoms with Crippen LogP contribution in [0.3, 0.4) is 0 Å². The van der Waals surface area contributed by atoms with E-state index in [0.29, 0.717) is 11.5 Å². The van der Waals surface area contributed by atoms with Crippen LogP contribution in [-0.2, 0) is 11.3 Å². The largest absolute Gasteiger partial charge is 0.328 e. The minimum Gasteiger partial charge on any atom is -0.302 e. The maximum absolute atomic E-state index is 14.2. The molecule has 3 aliphatic heterocycles. The van der Waals surface area contributed by atoms with Crippen molar-refractivity contribution in [2.45, 2.75) is 25.7 Å². The molecule has 2 atom stereocenters. The number of urea groups is 1. The van der Waals surface area contributed by atoms with Gasteiger partial charge in [-0.1, -0.05) is 36.4 Å². The number of carbonyl (C=O) groups is 2. The molecule has 152 valence electrons. The molecule has 0 aliphatic carbocycles. The fraction of sp³-hybridized carbons (Fsp3) is 0.227. The van der Waals surface area contributed by atoms with Crippen LogP contribution in [0.25, 0.3) is 0 Å². The third-order valence-corrected chi connectivity index (χ3v) is 5.69. The highest BCUT2D eigenvalue weighted by atomic mass is 19.1. The third-order valence-electron chi connectivity index (χ3n) is 5.69. The number of nitrogens with zero attached hydrogens (tertiary/aromatic N) is 5. The molecule has 1 fully saturated rings. The summed E-state index contributed by atoms with van der Waals surface area (Å²) in [6.45, 7) is 1.83. The van der Waals surface area contributed by atoms with Gasteiger partial charge in [-0.3, -0.25) is 14.6 Å². The van der Waals surface area contributed by atoms with Crippen molar-refractivity contribution in [2.75, 3.05) is 11.9 Å². The van der Waals surface area contributed by atoms with Crippen molar-refractivity contribution >= 4 is 23.6 Å². The van der Waals surface area contributed by atoms with E-state index >= 15 is 0 Å². The molecule has 3 heterocycles. The Bertz CT molecular complexity index is 1100. The average molecular weight is 405 g/mol. The van der Waals surface area contributed by atoms with Gasteiger partial charge < -0.3 is 9.80 Å². The van der Waals surface area contributed by atoms with Gasteiger partial charge >= 0.3 is 6.03 Å². The van der Waals surface area contributed by atoms with Gasteiger partial charge in [-0.2, -0.15) is 0 Å². The molecule has 0 radical (unpaired) electrons. The van der Waals surface area contributed by atoms with Crippen LogP contribution in [0, 0.1) is 5.82 Å². The van der Waals surface area contributed by atoms with Gasteiger partial charge in [0, 0.05) is 30.2 Å². The van der Waals surface area contributed by atoms with Crippen molar-refractivity contribution in [1.82, 2.24) is 14.7 Å². The summed E-state index contributed by atoms with van der Waals surface area (Å²) in [7, 11) is 1.62. The van der Waals surface area contributed by atoms with Crippen LogP contribution in [0.4, 0.5) is 14.9 Å². The predicted molar refractivity (Wildman–Crippen MR) is 110 cm³/mol. The van der Waals surface area contributed by atoms with Crippen LogP contribution >= 0.6 is 0 Å². The maximum Gasteiger partial charge on any atom is 0.328 e. The Balaban J connectivity index is 1.49. The summed E-state index contributed by atoms with van der Waals surface area (Å²) in [6, 6.07) is 14.7. The number of halogens is 1. The number of imide groups is 1. The van der Waals surface area contributed by atoms with E-state index in [9.17, 15) is 14.0 Å². The minimum absolute atomic E-state index is 0.119. The topological polar surface area (TPSA) is 59.5 Å². The van der Waals surface area contributed by atoms with Gasteiger partial charge in [0.1, 0.15) is 5.82 Å². The fourth-order valence-electron chi connectivity index (χ4n) is 4.19. The molecule has 0 bridgehead atoms. The summed E-state index contributed by atoms with van der Waals surface area (Å²) in [5.74, 6) is -0.225. The second-order valence-corrected chi connectivity index (χ2v) is 7.55. The second kappa shape index (κ2) is 6.69. The van der Waals surface area contributed by atoms with E-state index < -0.39 is 24.1 Å². The average Bonchev–Trinajstić information content (AvgIpc) is 3.26. The highest BCUT2D eigenvalue weighted by Crippen LogP contribution is 2.36. The summed E-state index contributed by atoms with van der Waals surface area (Å²) >= 11 is 0. The number of carbonyl (C=O) groups excluding carboxylic acids is 2. The van der Waals surface area contributed by atoms with Crippen molar-refractivity contribution in [3.8, 4) is 0 Å². The molecule has 30 heavy (non-hydrogen) atoms. The molecule has 3 amide bonds. The number of allylic oxidation sites excluding steroid dienone is 1. The molecular formula is C22H20FN5O2. The van der Waals surface area contributed by atoms with Gasteiger partial charge in [-0.25, -0.2) is 14.2 Å². The highest BCUT2D eigenvalue weighted by molar-refractivity contribution is 6.09. The SMILES string of the molecule is CC1=CN2C(=NC3C2C(=O)N(Cc2ccccc2F)C(=O)N3C)N1c1ccccc1. The summed E-state index contributed by atoms with van der Waals surface area (Å²) in [5, 5.41) is 0. The number of guanidine groups is 1. The molecule has 0 spiro atoms. The molecule has 0 N–H and O–H groups in total. The van der Waals surface area contributed by atoms with Gasteiger partial charge in [0.15, 0.2) is 12.2 Å². The monoisotopic (exact) mass is 405 g/mol. The van der Waals surface area contributed by atoms with Crippen LogP contribution in [0.1, 0.15) is 12.5 Å². The number of amides is 3. The second-order valence-electron chi connectivity index (χ2n) is 7.55. The van der Waals surface area contributed by atoms with E-state index in [1.54, 1.807) is 25.2 Å². The Kier molecular flexibility index (Phi) is 4.09. The Hall–Kier alpha value is -3.68. The smallest absolute Gasteiger partial charge is 0.302 e. The third kappa shape index (κ3) is 2.60. The zero-order valence-corrected chi connectivity index (χ0v) is 16.6. The van der Waals surface area contributed by atoms with E-state index in [1.165, 1.54) is 11.0 Å². The first-order valence-electron chi connectivity index (χ1n) is 9.68. The first-order valence-corrected chi connectivity index (χ1v) is 9.68. The summed E-state index contributed by atoms with van der Waals surface area (Å²) < 4.78 is 14.2. The number of fused-ring (bicyclic) bond motifs is 3. The van der Waals surface area contributed by atoms with Crippen molar-refractivity contribution in [3.05, 3.63) is 77.9 Å². The summed E-state index contributed by atoms with van der Waals surface area (Å²) in [4.78, 5) is 37.3. The summed E-state index contributed by atoms with van der Waals surface area (Å²) in [6.07, 6.45) is 1.24. The molecule has 1 saturated heterocycles. The Morgan fingerprint density at radius 3 is 2.47 bits per heavy atom. The number of anilines is 1. The van der Waals surface area contributed by atoms with Crippen LogP contribution in [-0.4, -0.2) is 51.9 Å². The highest BCUT2D eigenvalue weighted by Gasteiger charge is 2.54. The van der Waals surface area contributed by atoms with Crippen LogP contribution in [0.15, 0.2) is 71.5 Å². The predicted octanol–water partition coefficient (Wildman–Crippen LogP) is 2.97. The molecule has 8 heteroatoms. The molecule has 7 nitrogen and oxygen atoms in total. The van der Waals surface area contributed by atoms with Gasteiger partial charge in [0.05, 0.1) is 6.54 Å². The van der Waals surface area contributed by atoms with E-state index in [0.717, 1.165) is 16.3 Å². The number of para-hydroxylation sites is 1. The lowest BCUT2D eigenvalue weighted by molar-refractivity contribution is -0.137. The molecule has 0 aromatic heterocycles. The zero-order valence-electron chi connectivity index (χ0n) is 16.6. The van der Waals surface area contributed by atoms with Crippen molar-refractivity contribution in [2.24, 2.45) is 4.99 Å². The molecule has 2 aromatic carbocycles. The first kappa shape index (κ1) is 18.4. The number of likely N-dealkylation sites (N-methyl/N-ethyl adjacent to an activating group) is 1. The normalized spacial score (nSPS) is 22.9. The van der Waals surface area contributed by atoms with Crippen molar-refractivity contribution in [3.63, 3.8) is 0 Å². The molecule has 3 aliphatic rings. The Morgan fingerprint density at radius 2 is 1.73 bits per heavy atom. The van der Waals surface area contributed by atoms with Gasteiger partial charge in [0.25, 0.3) is 5.91 Å². The van der Waals surface area contributed by atoms with Crippen LogP contribution in [0.2, 0.25) is 0 Å². The molecule has 2 aromatic rings. The van der Waals surface area contributed by atoms with E-state index in [-0.39, 0.29) is 12.5 Å². The van der Waals surface area contributed by atoms with Gasteiger partial charge in [-0.05, 0) is 25.1 Å². The first-order chi connectivity index (χ1) is 14.5. The van der Waals surface area contributed by atoms with Crippen LogP contribution < -0.4 is 4.90 Å². The standard InChI is InChI=1S/C22H20FN5O2/c1-14-12-26-18-19(24-21(26)28(14)16-9-4-3-5-10-16)25(2)22(30)27(20(18)29)13-15-8-6-7-11-17(15)23/h3-12,18-19H,13H2,1-2H3. The number of aliphatic imine (C=N–C) groups is 1.